The van der Waals surface area contributed by atoms with Crippen molar-refractivity contribution in [2.45, 2.75) is 18.4 Å². The average Bonchev–Trinajstić information content (AvgIpc) is 2.84. The number of hydrogen-bond acceptors (Lipinski definition) is 6. The highest BCUT2D eigenvalue weighted by atomic mass is 32.2. The second-order valence-electron chi connectivity index (χ2n) is 4.59. The van der Waals surface area contributed by atoms with Crippen LogP contribution in [0.3, 0.4) is 0 Å². The van der Waals surface area contributed by atoms with E-state index >= 15 is 0 Å². The molecule has 114 valence electrons. The molecule has 0 saturated heterocycles. The minimum Gasteiger partial charge on any atom is -0.495 e. The summed E-state index contributed by atoms with van der Waals surface area (Å²) < 4.78 is 36.2. The highest BCUT2D eigenvalue weighted by molar-refractivity contribution is 7.89. The Bertz CT molecular complexity index is 740. The first kappa shape index (κ1) is 15.3. The van der Waals surface area contributed by atoms with Crippen molar-refractivity contribution in [1.82, 2.24) is 9.46 Å². The van der Waals surface area contributed by atoms with Gasteiger partial charge in [-0.1, -0.05) is 5.16 Å². The Morgan fingerprint density at radius 3 is 2.67 bits per heavy atom. The summed E-state index contributed by atoms with van der Waals surface area (Å²) in [6.07, 6.45) is 0. The third kappa shape index (κ3) is 3.17. The lowest BCUT2D eigenvalue weighted by molar-refractivity contribution is 0.378. The van der Waals surface area contributed by atoms with Crippen LogP contribution in [0, 0.1) is 6.92 Å². The zero-order valence-electron chi connectivity index (χ0n) is 12.0. The molecule has 0 atom stereocenters. The summed E-state index contributed by atoms with van der Waals surface area (Å²) in [5.41, 5.74) is 6.61. The minimum absolute atomic E-state index is 0.108. The zero-order valence-corrected chi connectivity index (χ0v) is 12.8. The normalized spacial score (nSPS) is 11.8. The summed E-state index contributed by atoms with van der Waals surface area (Å²) in [7, 11) is -0.752. The molecule has 1 heterocycles. The number of aromatic nitrogens is 1. The van der Waals surface area contributed by atoms with Crippen molar-refractivity contribution < 1.29 is 17.7 Å². The van der Waals surface area contributed by atoms with E-state index in [1.807, 2.05) is 0 Å². The number of ether oxygens (including phenoxy) is 1. The Morgan fingerprint density at radius 1 is 1.38 bits per heavy atom. The van der Waals surface area contributed by atoms with Crippen LogP contribution >= 0.6 is 0 Å². The van der Waals surface area contributed by atoms with Crippen LogP contribution in [0.1, 0.15) is 11.5 Å². The Morgan fingerprint density at radius 2 is 2.10 bits per heavy atom. The molecule has 2 aromatic rings. The highest BCUT2D eigenvalue weighted by Gasteiger charge is 2.23. The molecule has 0 saturated carbocycles. The summed E-state index contributed by atoms with van der Waals surface area (Å²) in [5.74, 6) is 0.951. The van der Waals surface area contributed by atoms with Crippen molar-refractivity contribution in [3.05, 3.63) is 35.7 Å². The van der Waals surface area contributed by atoms with Crippen molar-refractivity contribution >= 4 is 15.7 Å². The fraction of sp³-hybridized carbons (Fsp3) is 0.308. The van der Waals surface area contributed by atoms with E-state index in [2.05, 4.69) is 5.16 Å². The van der Waals surface area contributed by atoms with Gasteiger partial charge < -0.3 is 15.0 Å². The predicted octanol–water partition coefficient (Wildman–Crippen LogP) is 1.39. The van der Waals surface area contributed by atoms with Crippen molar-refractivity contribution in [2.24, 2.45) is 0 Å². The lowest BCUT2D eigenvalue weighted by atomic mass is 10.3. The van der Waals surface area contributed by atoms with Crippen LogP contribution in [0.25, 0.3) is 0 Å². The fourth-order valence-corrected chi connectivity index (χ4v) is 3.00. The molecule has 7 nitrogen and oxygen atoms in total. The van der Waals surface area contributed by atoms with Gasteiger partial charge in [-0.2, -0.15) is 4.31 Å². The van der Waals surface area contributed by atoms with E-state index in [1.54, 1.807) is 13.0 Å². The van der Waals surface area contributed by atoms with Crippen LogP contribution in [-0.4, -0.2) is 32.0 Å². The van der Waals surface area contributed by atoms with Gasteiger partial charge in [0.2, 0.25) is 10.0 Å². The van der Waals surface area contributed by atoms with Crippen LogP contribution in [0.2, 0.25) is 0 Å². The van der Waals surface area contributed by atoms with Gasteiger partial charge in [0.1, 0.15) is 11.5 Å². The standard InChI is InChI=1S/C13H17N3O4S/c1-9-6-10(15-20-9)8-16(2)21(17,18)11-4-5-12(14)13(7-11)19-3/h4-7H,8,14H2,1-3H3. The predicted molar refractivity (Wildman–Crippen MR) is 77.3 cm³/mol. The van der Waals surface area contributed by atoms with E-state index in [-0.39, 0.29) is 11.4 Å². The van der Waals surface area contributed by atoms with E-state index in [1.165, 1.54) is 36.7 Å². The SMILES string of the molecule is COc1cc(S(=O)(=O)N(C)Cc2cc(C)on2)ccc1N. The lowest BCUT2D eigenvalue weighted by Crippen LogP contribution is -2.26. The number of aryl methyl sites for hydroxylation is 1. The number of sulfonamides is 1. The molecule has 2 N–H and O–H groups in total. The molecule has 21 heavy (non-hydrogen) atoms. The molecule has 0 aliphatic carbocycles. The van der Waals surface area contributed by atoms with Crippen LogP contribution < -0.4 is 10.5 Å². The molecular weight excluding hydrogens is 294 g/mol. The number of methoxy groups -OCH3 is 1. The van der Waals surface area contributed by atoms with Gasteiger partial charge >= 0.3 is 0 Å². The number of hydrogen-bond donors (Lipinski definition) is 1. The maximum atomic E-state index is 12.5. The largest absolute Gasteiger partial charge is 0.495 e. The van der Waals surface area contributed by atoms with Crippen LogP contribution in [0.4, 0.5) is 5.69 Å². The van der Waals surface area contributed by atoms with E-state index in [9.17, 15) is 8.42 Å². The average molecular weight is 311 g/mol. The number of nitrogens with zero attached hydrogens (tertiary/aromatic N) is 2. The molecular formula is C13H17N3O4S. The van der Waals surface area contributed by atoms with Crippen molar-refractivity contribution in [3.8, 4) is 5.75 Å². The van der Waals surface area contributed by atoms with E-state index in [4.69, 9.17) is 15.0 Å². The Kier molecular flexibility index (Phi) is 4.19. The highest BCUT2D eigenvalue weighted by Crippen LogP contribution is 2.26. The molecule has 0 aliphatic heterocycles. The minimum atomic E-state index is -3.66. The van der Waals surface area contributed by atoms with Crippen molar-refractivity contribution in [1.29, 1.82) is 0 Å². The lowest BCUT2D eigenvalue weighted by Gasteiger charge is -2.16. The summed E-state index contributed by atoms with van der Waals surface area (Å²) in [4.78, 5) is 0.108. The molecule has 0 spiro atoms. The molecule has 0 unspecified atom stereocenters. The van der Waals surface area contributed by atoms with E-state index in [0.717, 1.165) is 0 Å². The third-order valence-electron chi connectivity index (χ3n) is 2.97. The Labute approximate surface area is 123 Å². The van der Waals surface area contributed by atoms with Gasteiger partial charge in [0, 0.05) is 19.2 Å². The second-order valence-corrected chi connectivity index (χ2v) is 6.64. The molecule has 1 aromatic carbocycles. The van der Waals surface area contributed by atoms with Crippen molar-refractivity contribution in [2.75, 3.05) is 19.9 Å². The molecule has 0 bridgehead atoms. The molecule has 2 rings (SSSR count). The first-order valence-electron chi connectivity index (χ1n) is 6.16. The first-order chi connectivity index (χ1) is 9.84. The summed E-state index contributed by atoms with van der Waals surface area (Å²) in [5, 5.41) is 3.78. The molecule has 0 radical (unpaired) electrons. The third-order valence-corrected chi connectivity index (χ3v) is 4.77. The van der Waals surface area contributed by atoms with Gasteiger partial charge in [-0.05, 0) is 19.1 Å². The topological polar surface area (TPSA) is 98.7 Å². The van der Waals surface area contributed by atoms with Gasteiger partial charge in [-0.15, -0.1) is 0 Å². The van der Waals surface area contributed by atoms with Crippen molar-refractivity contribution in [3.63, 3.8) is 0 Å². The van der Waals surface area contributed by atoms with E-state index < -0.39 is 10.0 Å². The van der Waals surface area contributed by atoms with Crippen LogP contribution in [0.5, 0.6) is 5.75 Å². The number of benzene rings is 1. The molecule has 0 aliphatic rings. The van der Waals surface area contributed by atoms with Gasteiger partial charge in [-0.25, -0.2) is 8.42 Å². The monoisotopic (exact) mass is 311 g/mol. The second kappa shape index (κ2) is 5.74. The van der Waals surface area contributed by atoms with Crippen LogP contribution in [0.15, 0.2) is 33.7 Å². The fourth-order valence-electron chi connectivity index (χ4n) is 1.84. The van der Waals surface area contributed by atoms with Gasteiger partial charge in [0.05, 0.1) is 29.9 Å². The molecule has 0 amide bonds. The van der Waals surface area contributed by atoms with Gasteiger partial charge in [-0.3, -0.25) is 0 Å². The van der Waals surface area contributed by atoms with Crippen LogP contribution in [-0.2, 0) is 16.6 Å². The maximum Gasteiger partial charge on any atom is 0.243 e. The van der Waals surface area contributed by atoms with Gasteiger partial charge in [0.15, 0.2) is 0 Å². The maximum absolute atomic E-state index is 12.5. The summed E-state index contributed by atoms with van der Waals surface area (Å²) >= 11 is 0. The number of anilines is 1. The number of nitrogen functional groups attached to an aromatic ring is 1. The number of nitrogens with two attached hydrogens (primary N) is 1. The van der Waals surface area contributed by atoms with Gasteiger partial charge in [0.25, 0.3) is 0 Å². The van der Waals surface area contributed by atoms with E-state index in [0.29, 0.717) is 22.9 Å². The Balaban J connectivity index is 2.28. The summed E-state index contributed by atoms with van der Waals surface area (Å²) in [6, 6.07) is 6.03. The quantitative estimate of drug-likeness (QED) is 0.838. The molecule has 0 fully saturated rings. The smallest absolute Gasteiger partial charge is 0.243 e. The first-order valence-corrected chi connectivity index (χ1v) is 7.60. The molecule has 8 heteroatoms. The Hall–Kier alpha value is -2.06. The molecule has 1 aromatic heterocycles. The summed E-state index contributed by atoms with van der Waals surface area (Å²) in [6.45, 7) is 1.86. The number of rotatable bonds is 5. The zero-order chi connectivity index (χ0) is 15.6.